The SMILES string of the molecule is COc1cc2c(cc1F)[nH]c(=S)n2CCc1ncno1. The van der Waals surface area contributed by atoms with E-state index in [-0.39, 0.29) is 5.75 Å². The maximum atomic E-state index is 13.6. The number of nitrogens with one attached hydrogen (secondary N) is 1. The second-order valence-electron chi connectivity index (χ2n) is 4.17. The number of imidazole rings is 1. The Morgan fingerprint density at radius 3 is 3.05 bits per heavy atom. The monoisotopic (exact) mass is 294 g/mol. The summed E-state index contributed by atoms with van der Waals surface area (Å²) in [6.07, 6.45) is 1.89. The Labute approximate surface area is 118 Å². The molecule has 6 nitrogen and oxygen atoms in total. The molecule has 104 valence electrons. The highest BCUT2D eigenvalue weighted by Gasteiger charge is 2.11. The summed E-state index contributed by atoms with van der Waals surface area (Å²) >= 11 is 5.25. The molecule has 0 saturated carbocycles. The van der Waals surface area contributed by atoms with Crippen LogP contribution in [0.5, 0.6) is 5.75 Å². The lowest BCUT2D eigenvalue weighted by Crippen LogP contribution is -2.02. The minimum Gasteiger partial charge on any atom is -0.494 e. The molecule has 2 aromatic heterocycles. The van der Waals surface area contributed by atoms with Crippen molar-refractivity contribution in [2.24, 2.45) is 0 Å². The molecule has 0 aliphatic carbocycles. The van der Waals surface area contributed by atoms with Gasteiger partial charge in [0.15, 0.2) is 22.7 Å². The van der Waals surface area contributed by atoms with Gasteiger partial charge in [0.2, 0.25) is 5.89 Å². The number of hydrogen-bond acceptors (Lipinski definition) is 5. The molecule has 0 radical (unpaired) electrons. The summed E-state index contributed by atoms with van der Waals surface area (Å²) in [7, 11) is 1.42. The Bertz CT molecular complexity index is 794. The van der Waals surface area contributed by atoms with Crippen molar-refractivity contribution in [3.8, 4) is 5.75 Å². The normalized spacial score (nSPS) is 11.1. The molecule has 1 aromatic carbocycles. The van der Waals surface area contributed by atoms with Gasteiger partial charge in [0.1, 0.15) is 0 Å². The predicted octanol–water partition coefficient (Wildman–Crippen LogP) is 2.47. The molecule has 0 spiro atoms. The van der Waals surface area contributed by atoms with Crippen LogP contribution >= 0.6 is 12.2 Å². The molecule has 3 rings (SSSR count). The van der Waals surface area contributed by atoms with Crippen LogP contribution in [0.4, 0.5) is 4.39 Å². The first-order valence-corrected chi connectivity index (χ1v) is 6.31. The van der Waals surface area contributed by atoms with Gasteiger partial charge in [-0.25, -0.2) is 4.39 Å². The molecule has 3 aromatic rings. The third kappa shape index (κ3) is 2.18. The van der Waals surface area contributed by atoms with Crippen LogP contribution in [0.2, 0.25) is 0 Å². The number of halogens is 1. The Morgan fingerprint density at radius 2 is 2.35 bits per heavy atom. The van der Waals surface area contributed by atoms with Crippen LogP contribution in [0.15, 0.2) is 23.0 Å². The smallest absolute Gasteiger partial charge is 0.228 e. The Morgan fingerprint density at radius 1 is 1.50 bits per heavy atom. The second kappa shape index (κ2) is 5.04. The lowest BCUT2D eigenvalue weighted by Gasteiger charge is -2.05. The summed E-state index contributed by atoms with van der Waals surface area (Å²) < 4.78 is 25.9. The van der Waals surface area contributed by atoms with Crippen LogP contribution in [0, 0.1) is 10.6 Å². The lowest BCUT2D eigenvalue weighted by atomic mass is 10.2. The minimum atomic E-state index is -0.430. The van der Waals surface area contributed by atoms with Crippen LogP contribution < -0.4 is 4.74 Å². The van der Waals surface area contributed by atoms with Crippen molar-refractivity contribution >= 4 is 23.3 Å². The first kappa shape index (κ1) is 12.8. The Hall–Kier alpha value is -2.22. The zero-order valence-electron chi connectivity index (χ0n) is 10.6. The fraction of sp³-hybridized carbons (Fsp3) is 0.250. The molecule has 20 heavy (non-hydrogen) atoms. The Balaban J connectivity index is 2.01. The minimum absolute atomic E-state index is 0.179. The van der Waals surface area contributed by atoms with Crippen molar-refractivity contribution < 1.29 is 13.7 Å². The van der Waals surface area contributed by atoms with Gasteiger partial charge >= 0.3 is 0 Å². The number of benzene rings is 1. The average molecular weight is 294 g/mol. The molecule has 0 aliphatic heterocycles. The molecule has 0 fully saturated rings. The number of aryl methyl sites for hydroxylation is 2. The number of fused-ring (bicyclic) bond motifs is 1. The highest BCUT2D eigenvalue weighted by molar-refractivity contribution is 7.71. The molecule has 0 atom stereocenters. The van der Waals surface area contributed by atoms with Gasteiger partial charge in [-0.2, -0.15) is 4.98 Å². The molecule has 0 bridgehead atoms. The highest BCUT2D eigenvalue weighted by Crippen LogP contribution is 2.24. The van der Waals surface area contributed by atoms with Crippen LogP contribution in [0.3, 0.4) is 0 Å². The number of H-pyrrole nitrogens is 1. The van der Waals surface area contributed by atoms with Crippen LogP contribution in [-0.2, 0) is 13.0 Å². The van der Waals surface area contributed by atoms with Gasteiger partial charge in [0, 0.05) is 25.1 Å². The van der Waals surface area contributed by atoms with Crippen LogP contribution in [0.1, 0.15) is 5.89 Å². The Kier molecular flexibility index (Phi) is 3.23. The van der Waals surface area contributed by atoms with E-state index in [1.807, 2.05) is 4.57 Å². The van der Waals surface area contributed by atoms with E-state index in [0.717, 1.165) is 5.52 Å². The third-order valence-corrected chi connectivity index (χ3v) is 3.33. The lowest BCUT2D eigenvalue weighted by molar-refractivity contribution is 0.371. The van der Waals surface area contributed by atoms with Crippen molar-refractivity contribution in [2.45, 2.75) is 13.0 Å². The summed E-state index contributed by atoms with van der Waals surface area (Å²) in [4.78, 5) is 6.92. The number of aromatic nitrogens is 4. The molecule has 8 heteroatoms. The van der Waals surface area contributed by atoms with E-state index in [9.17, 15) is 4.39 Å². The zero-order valence-corrected chi connectivity index (χ0v) is 11.4. The fourth-order valence-corrected chi connectivity index (χ4v) is 2.35. The van der Waals surface area contributed by atoms with Gasteiger partial charge in [-0.1, -0.05) is 5.16 Å². The highest BCUT2D eigenvalue weighted by atomic mass is 32.1. The van der Waals surface area contributed by atoms with Crippen LogP contribution in [0.25, 0.3) is 11.0 Å². The van der Waals surface area contributed by atoms with E-state index in [4.69, 9.17) is 21.5 Å². The van der Waals surface area contributed by atoms with Crippen molar-refractivity contribution in [3.05, 3.63) is 34.9 Å². The molecule has 2 heterocycles. The molecule has 0 unspecified atom stereocenters. The van der Waals surface area contributed by atoms with Crippen molar-refractivity contribution in [2.75, 3.05) is 7.11 Å². The number of rotatable bonds is 4. The van der Waals surface area contributed by atoms with Crippen molar-refractivity contribution in [1.82, 2.24) is 19.7 Å². The summed E-state index contributed by atoms with van der Waals surface area (Å²) in [6.45, 7) is 0.551. The summed E-state index contributed by atoms with van der Waals surface area (Å²) in [5.74, 6) is 0.272. The molecular weight excluding hydrogens is 283 g/mol. The van der Waals surface area contributed by atoms with E-state index < -0.39 is 5.82 Å². The topological polar surface area (TPSA) is 68.9 Å². The summed E-state index contributed by atoms with van der Waals surface area (Å²) in [5, 5.41) is 3.55. The molecule has 0 aliphatic rings. The van der Waals surface area contributed by atoms with Crippen molar-refractivity contribution in [3.63, 3.8) is 0 Å². The third-order valence-electron chi connectivity index (χ3n) is 3.00. The van der Waals surface area contributed by atoms with Crippen molar-refractivity contribution in [1.29, 1.82) is 0 Å². The standard InChI is InChI=1S/C12H11FN4O2S/c1-18-10-5-9-8(4-7(10)13)16-12(20)17(9)3-2-11-14-6-15-19-11/h4-6H,2-3H2,1H3,(H,16,20). The number of aromatic amines is 1. The van der Waals surface area contributed by atoms with Gasteiger partial charge in [-0.05, 0) is 12.2 Å². The van der Waals surface area contributed by atoms with Gasteiger partial charge in [-0.3, -0.25) is 0 Å². The maximum Gasteiger partial charge on any atom is 0.228 e. The number of methoxy groups -OCH3 is 1. The molecule has 0 amide bonds. The van der Waals surface area contributed by atoms with E-state index in [1.54, 1.807) is 6.07 Å². The van der Waals surface area contributed by atoms with Gasteiger partial charge in [-0.15, -0.1) is 0 Å². The zero-order chi connectivity index (χ0) is 14.1. The first-order valence-electron chi connectivity index (χ1n) is 5.90. The molecular formula is C12H11FN4O2S. The first-order chi connectivity index (χ1) is 9.69. The predicted molar refractivity (Wildman–Crippen MR) is 71.6 cm³/mol. The summed E-state index contributed by atoms with van der Waals surface area (Å²) in [5.41, 5.74) is 1.39. The van der Waals surface area contributed by atoms with E-state index in [2.05, 4.69) is 15.1 Å². The number of hydrogen-bond donors (Lipinski definition) is 1. The molecule has 1 N–H and O–H groups in total. The number of nitrogens with zero attached hydrogens (tertiary/aromatic N) is 3. The largest absolute Gasteiger partial charge is 0.494 e. The van der Waals surface area contributed by atoms with E-state index >= 15 is 0 Å². The van der Waals surface area contributed by atoms with Gasteiger partial charge < -0.3 is 18.8 Å². The second-order valence-corrected chi connectivity index (χ2v) is 4.56. The van der Waals surface area contributed by atoms with Gasteiger partial charge in [0.25, 0.3) is 0 Å². The quantitative estimate of drug-likeness (QED) is 0.749. The molecule has 0 saturated heterocycles. The van der Waals surface area contributed by atoms with E-state index in [1.165, 1.54) is 19.5 Å². The van der Waals surface area contributed by atoms with Crippen LogP contribution in [-0.4, -0.2) is 26.8 Å². The summed E-state index contributed by atoms with van der Waals surface area (Å²) in [6, 6.07) is 2.98. The number of ether oxygens (including phenoxy) is 1. The fourth-order valence-electron chi connectivity index (χ4n) is 2.05. The maximum absolute atomic E-state index is 13.6. The van der Waals surface area contributed by atoms with E-state index in [0.29, 0.717) is 29.1 Å². The average Bonchev–Trinajstić information content (AvgIpc) is 3.03. The van der Waals surface area contributed by atoms with Gasteiger partial charge in [0.05, 0.1) is 18.1 Å².